The van der Waals surface area contributed by atoms with E-state index in [0.717, 1.165) is 11.3 Å². The summed E-state index contributed by atoms with van der Waals surface area (Å²) in [5.74, 6) is -1.41. The Morgan fingerprint density at radius 3 is 2.56 bits per heavy atom. The fourth-order valence-corrected chi connectivity index (χ4v) is 4.38. The second-order valence-corrected chi connectivity index (χ2v) is 9.11. The predicted octanol–water partition coefficient (Wildman–Crippen LogP) is -0.673. The number of carbonyl (C=O) groups excluding carboxylic acids is 2. The lowest BCUT2D eigenvalue weighted by molar-refractivity contribution is -0.143. The monoisotopic (exact) mass is 511 g/mol. The van der Waals surface area contributed by atoms with Crippen LogP contribution in [0.3, 0.4) is 0 Å². The number of oxime groups is 1. The lowest BCUT2D eigenvalue weighted by Gasteiger charge is -2.42. The molecule has 0 bridgehead atoms. The minimum atomic E-state index is -4.73. The van der Waals surface area contributed by atoms with Gasteiger partial charge in [0.05, 0.1) is 6.04 Å². The van der Waals surface area contributed by atoms with Crippen LogP contribution in [-0.2, 0) is 24.7 Å². The van der Waals surface area contributed by atoms with Crippen LogP contribution < -0.4 is 21.5 Å². The van der Waals surface area contributed by atoms with E-state index in [-0.39, 0.29) is 39.9 Å². The number of β-lactam (4-membered cyclic amide) rings is 1. The number of ether oxygens (including phenoxy) is 1. The fraction of sp³-hybridized carbons (Fsp3) is 0.278. The standard InChI is InChI=1S/C18H21N7O7S2/c1-9-13(17(27)25(9)34(28,29)30)23-16(26)14(12-8-33-18(21)22-12)24-32-7-6-31-11-4-2-10(3-5-11)15(19)20/h2-5,8-9,13H,6-7H2,1H3,(H3,19,20)(H2,21,22)(H,23,26)(H,28,29,30)/b24-14-/t9-,13+/m1/s1. The Labute approximate surface area is 197 Å². The zero-order chi connectivity index (χ0) is 25.0. The Morgan fingerprint density at radius 1 is 1.35 bits per heavy atom. The van der Waals surface area contributed by atoms with E-state index in [1.54, 1.807) is 24.3 Å². The van der Waals surface area contributed by atoms with Crippen LogP contribution >= 0.6 is 11.3 Å². The van der Waals surface area contributed by atoms with Crippen molar-refractivity contribution in [3.05, 3.63) is 40.9 Å². The largest absolute Gasteiger partial charge is 0.490 e. The third-order valence-electron chi connectivity index (χ3n) is 4.61. The van der Waals surface area contributed by atoms with Gasteiger partial charge in [0.1, 0.15) is 29.9 Å². The number of rotatable bonds is 10. The molecule has 0 unspecified atom stereocenters. The van der Waals surface area contributed by atoms with Gasteiger partial charge in [-0.25, -0.2) is 9.29 Å². The van der Waals surface area contributed by atoms with Crippen molar-refractivity contribution in [2.75, 3.05) is 18.9 Å². The summed E-state index contributed by atoms with van der Waals surface area (Å²) >= 11 is 1.05. The molecule has 2 aromatic rings. The smallest absolute Gasteiger partial charge is 0.362 e. The molecule has 1 fully saturated rings. The highest BCUT2D eigenvalue weighted by Gasteiger charge is 2.51. The van der Waals surface area contributed by atoms with E-state index < -0.39 is 34.2 Å². The van der Waals surface area contributed by atoms with Gasteiger partial charge < -0.3 is 26.4 Å². The van der Waals surface area contributed by atoms with Gasteiger partial charge in [0.2, 0.25) is 0 Å². The molecule has 0 radical (unpaired) electrons. The molecule has 0 spiro atoms. The van der Waals surface area contributed by atoms with Crippen LogP contribution in [0.2, 0.25) is 0 Å². The van der Waals surface area contributed by atoms with E-state index in [9.17, 15) is 18.0 Å². The molecule has 1 aromatic heterocycles. The highest BCUT2D eigenvalue weighted by molar-refractivity contribution is 7.84. The minimum Gasteiger partial charge on any atom is -0.490 e. The molecule has 1 saturated heterocycles. The zero-order valence-corrected chi connectivity index (χ0v) is 19.3. The number of amides is 2. The van der Waals surface area contributed by atoms with E-state index in [1.165, 1.54) is 12.3 Å². The number of hydrogen-bond donors (Lipinski definition) is 5. The maximum atomic E-state index is 12.7. The van der Waals surface area contributed by atoms with Gasteiger partial charge in [0.15, 0.2) is 17.5 Å². The van der Waals surface area contributed by atoms with Gasteiger partial charge in [-0.3, -0.25) is 19.6 Å². The Morgan fingerprint density at radius 2 is 2.03 bits per heavy atom. The van der Waals surface area contributed by atoms with Gasteiger partial charge >= 0.3 is 10.3 Å². The van der Waals surface area contributed by atoms with E-state index in [4.69, 9.17) is 31.0 Å². The molecule has 14 nitrogen and oxygen atoms in total. The maximum absolute atomic E-state index is 12.7. The first kappa shape index (κ1) is 24.9. The van der Waals surface area contributed by atoms with Crippen LogP contribution in [0.1, 0.15) is 18.2 Å². The minimum absolute atomic E-state index is 0.0554. The van der Waals surface area contributed by atoms with E-state index >= 15 is 0 Å². The highest BCUT2D eigenvalue weighted by atomic mass is 32.2. The number of aromatic nitrogens is 1. The second-order valence-electron chi connectivity index (χ2n) is 6.93. The number of nitrogens with one attached hydrogen (secondary N) is 2. The number of nitrogen functional groups attached to an aromatic ring is 2. The fourth-order valence-electron chi connectivity index (χ4n) is 2.95. The van der Waals surface area contributed by atoms with Crippen LogP contribution in [-0.4, -0.2) is 70.9 Å². The highest BCUT2D eigenvalue weighted by Crippen LogP contribution is 2.23. The Hall–Kier alpha value is -3.76. The lowest BCUT2D eigenvalue weighted by atomic mass is 10.0. The molecule has 1 aromatic carbocycles. The van der Waals surface area contributed by atoms with Gasteiger partial charge in [0, 0.05) is 10.9 Å². The molecule has 1 aliphatic heterocycles. The van der Waals surface area contributed by atoms with Gasteiger partial charge in [-0.15, -0.1) is 11.3 Å². The molecular formula is C18H21N7O7S2. The summed E-state index contributed by atoms with van der Waals surface area (Å²) < 4.78 is 37.3. The van der Waals surface area contributed by atoms with Crippen molar-refractivity contribution in [1.29, 1.82) is 5.41 Å². The first-order valence-electron chi connectivity index (χ1n) is 9.59. The summed E-state index contributed by atoms with van der Waals surface area (Å²) in [5.41, 5.74) is 11.4. The Bertz CT molecular complexity index is 1230. The summed E-state index contributed by atoms with van der Waals surface area (Å²) in [4.78, 5) is 33.9. The third kappa shape index (κ3) is 5.59. The molecule has 2 amide bonds. The van der Waals surface area contributed by atoms with Crippen molar-refractivity contribution in [2.24, 2.45) is 10.9 Å². The van der Waals surface area contributed by atoms with Gasteiger partial charge in [0.25, 0.3) is 11.8 Å². The van der Waals surface area contributed by atoms with Crippen LogP contribution in [0.5, 0.6) is 5.75 Å². The first-order chi connectivity index (χ1) is 16.0. The summed E-state index contributed by atoms with van der Waals surface area (Å²) in [5, 5.41) is 15.1. The SMILES string of the molecule is C[C@@H]1[C@H](NC(=O)/C(=N\OCCOc2ccc(C(=N)N)cc2)c2csc(N)n2)C(=O)N1S(=O)(=O)O. The maximum Gasteiger partial charge on any atom is 0.362 e. The molecule has 2 heterocycles. The first-order valence-corrected chi connectivity index (χ1v) is 11.9. The molecule has 16 heteroatoms. The average molecular weight is 512 g/mol. The van der Waals surface area contributed by atoms with Gasteiger partial charge in [-0.1, -0.05) is 5.16 Å². The van der Waals surface area contributed by atoms with Crippen molar-refractivity contribution >= 4 is 50.1 Å². The second kappa shape index (κ2) is 10.0. The summed E-state index contributed by atoms with van der Waals surface area (Å²) in [6.07, 6.45) is 0. The number of carbonyl (C=O) groups is 2. The van der Waals surface area contributed by atoms with Crippen molar-refractivity contribution in [3.8, 4) is 5.75 Å². The Balaban J connectivity index is 1.61. The Kier molecular flexibility index (Phi) is 7.33. The van der Waals surface area contributed by atoms with Crippen molar-refractivity contribution in [3.63, 3.8) is 0 Å². The number of nitrogens with zero attached hydrogens (tertiary/aromatic N) is 3. The van der Waals surface area contributed by atoms with Gasteiger partial charge in [-0.2, -0.15) is 8.42 Å². The number of amidine groups is 1. The topological polar surface area (TPSA) is 223 Å². The number of benzene rings is 1. The third-order valence-corrected chi connectivity index (χ3v) is 6.30. The van der Waals surface area contributed by atoms with Crippen molar-refractivity contribution in [1.82, 2.24) is 14.6 Å². The molecule has 0 aliphatic carbocycles. The normalized spacial score (nSPS) is 18.2. The molecule has 1 aliphatic rings. The number of hydrogen-bond acceptors (Lipinski definition) is 11. The van der Waals surface area contributed by atoms with E-state index in [2.05, 4.69) is 15.5 Å². The molecule has 2 atom stereocenters. The molecule has 3 rings (SSSR count). The van der Waals surface area contributed by atoms with E-state index in [1.807, 2.05) is 0 Å². The van der Waals surface area contributed by atoms with Crippen molar-refractivity contribution in [2.45, 2.75) is 19.0 Å². The average Bonchev–Trinajstić information content (AvgIpc) is 3.19. The summed E-state index contributed by atoms with van der Waals surface area (Å²) in [6, 6.07) is 4.30. The number of thiazole rings is 1. The van der Waals surface area contributed by atoms with Crippen LogP contribution in [0.25, 0.3) is 0 Å². The van der Waals surface area contributed by atoms with Crippen LogP contribution in [0, 0.1) is 5.41 Å². The van der Waals surface area contributed by atoms with E-state index in [0.29, 0.717) is 11.3 Å². The zero-order valence-electron chi connectivity index (χ0n) is 17.7. The quantitative estimate of drug-likeness (QED) is 0.0675. The molecular weight excluding hydrogens is 490 g/mol. The number of anilines is 1. The summed E-state index contributed by atoms with van der Waals surface area (Å²) in [6.45, 7) is 1.35. The van der Waals surface area contributed by atoms with Gasteiger partial charge in [-0.05, 0) is 31.2 Å². The number of nitrogens with two attached hydrogens (primary N) is 2. The summed E-state index contributed by atoms with van der Waals surface area (Å²) in [7, 11) is -4.73. The molecule has 0 saturated carbocycles. The predicted molar refractivity (Wildman–Crippen MR) is 122 cm³/mol. The molecule has 7 N–H and O–H groups in total. The van der Waals surface area contributed by atoms with Crippen LogP contribution in [0.15, 0.2) is 34.8 Å². The van der Waals surface area contributed by atoms with Crippen LogP contribution in [0.4, 0.5) is 5.13 Å². The lowest BCUT2D eigenvalue weighted by Crippen LogP contribution is -2.71. The molecule has 182 valence electrons. The van der Waals surface area contributed by atoms with Crippen molar-refractivity contribution < 1.29 is 32.1 Å². The molecule has 34 heavy (non-hydrogen) atoms.